The fourth-order valence-electron chi connectivity index (χ4n) is 3.21. The van der Waals surface area contributed by atoms with Crippen molar-refractivity contribution in [1.29, 1.82) is 0 Å². The highest BCUT2D eigenvalue weighted by molar-refractivity contribution is 9.10. The molecular weight excluding hydrogens is 340 g/mol. The van der Waals surface area contributed by atoms with Gasteiger partial charge in [-0.2, -0.15) is 5.10 Å². The maximum Gasteiger partial charge on any atom is 0.187 e. The second kappa shape index (κ2) is 5.43. The van der Waals surface area contributed by atoms with E-state index in [4.69, 9.17) is 9.84 Å². The van der Waals surface area contributed by atoms with E-state index in [2.05, 4.69) is 64.3 Å². The molecule has 0 bridgehead atoms. The van der Waals surface area contributed by atoms with Crippen LogP contribution in [-0.2, 0) is 0 Å². The van der Waals surface area contributed by atoms with Gasteiger partial charge in [-0.25, -0.2) is 0 Å². The molecule has 0 spiro atoms. The molecule has 2 aromatic carbocycles. The van der Waals surface area contributed by atoms with Gasteiger partial charge in [0, 0.05) is 22.9 Å². The highest BCUT2D eigenvalue weighted by Gasteiger charge is 2.39. The van der Waals surface area contributed by atoms with E-state index in [9.17, 15) is 0 Å². The highest BCUT2D eigenvalue weighted by Crippen LogP contribution is 2.44. The monoisotopic (exact) mass is 356 g/mol. The van der Waals surface area contributed by atoms with Crippen molar-refractivity contribution in [3.8, 4) is 5.75 Å². The Hall–Kier alpha value is -1.81. The summed E-state index contributed by atoms with van der Waals surface area (Å²) in [7, 11) is 0. The Morgan fingerprint density at radius 3 is 2.82 bits per heavy atom. The molecule has 0 N–H and O–H groups in total. The molecule has 2 aromatic rings. The van der Waals surface area contributed by atoms with E-state index < -0.39 is 0 Å². The highest BCUT2D eigenvalue weighted by atomic mass is 79.9. The van der Waals surface area contributed by atoms with Crippen LogP contribution in [0, 0.1) is 0 Å². The van der Waals surface area contributed by atoms with E-state index in [1.807, 2.05) is 12.1 Å². The van der Waals surface area contributed by atoms with Crippen LogP contribution in [0.5, 0.6) is 5.75 Å². The van der Waals surface area contributed by atoms with Gasteiger partial charge in [-0.3, -0.25) is 5.01 Å². The average Bonchev–Trinajstić information content (AvgIpc) is 3.01. The number of halogens is 1. The van der Waals surface area contributed by atoms with Gasteiger partial charge in [0.15, 0.2) is 6.23 Å². The van der Waals surface area contributed by atoms with E-state index in [1.165, 1.54) is 11.1 Å². The van der Waals surface area contributed by atoms with E-state index in [-0.39, 0.29) is 12.3 Å². The third kappa shape index (κ3) is 2.22. The minimum atomic E-state index is 0.0138. The minimum Gasteiger partial charge on any atom is -0.469 e. The number of nitrogens with zero attached hydrogens (tertiary/aromatic N) is 2. The number of ether oxygens (including phenoxy) is 1. The number of hydrazone groups is 1. The predicted molar refractivity (Wildman–Crippen MR) is 91.0 cm³/mol. The van der Waals surface area contributed by atoms with Crippen LogP contribution in [0.2, 0.25) is 0 Å². The van der Waals surface area contributed by atoms with Crippen LogP contribution in [-0.4, -0.2) is 16.9 Å². The van der Waals surface area contributed by atoms with Gasteiger partial charge in [-0.15, -0.1) is 0 Å². The normalized spacial score (nSPS) is 22.6. The second-order valence-corrected chi connectivity index (χ2v) is 6.59. The molecular formula is C18H17BrN2O. The Morgan fingerprint density at radius 2 is 2.05 bits per heavy atom. The van der Waals surface area contributed by atoms with E-state index in [0.717, 1.165) is 28.8 Å². The summed E-state index contributed by atoms with van der Waals surface area (Å²) in [6.07, 6.45) is 1.85. The van der Waals surface area contributed by atoms with Gasteiger partial charge in [0.2, 0.25) is 0 Å². The van der Waals surface area contributed by atoms with Crippen molar-refractivity contribution in [2.75, 3.05) is 0 Å². The number of rotatable bonds is 2. The third-order valence-corrected chi connectivity index (χ3v) is 4.78. The van der Waals surface area contributed by atoms with Crippen molar-refractivity contribution < 1.29 is 4.74 Å². The molecule has 0 amide bonds. The smallest absolute Gasteiger partial charge is 0.187 e. The molecule has 4 rings (SSSR count). The lowest BCUT2D eigenvalue weighted by molar-refractivity contribution is -0.0188. The zero-order valence-electron chi connectivity index (χ0n) is 12.4. The molecule has 2 heterocycles. The summed E-state index contributed by atoms with van der Waals surface area (Å²) in [6, 6.07) is 16.9. The summed E-state index contributed by atoms with van der Waals surface area (Å²) in [4.78, 5) is 0. The van der Waals surface area contributed by atoms with Gasteiger partial charge < -0.3 is 4.74 Å². The number of fused-ring (bicyclic) bond motifs is 3. The average molecular weight is 357 g/mol. The quantitative estimate of drug-likeness (QED) is 0.776. The van der Waals surface area contributed by atoms with Crippen LogP contribution < -0.4 is 4.74 Å². The summed E-state index contributed by atoms with van der Waals surface area (Å²) >= 11 is 3.57. The zero-order valence-corrected chi connectivity index (χ0v) is 14.0. The largest absolute Gasteiger partial charge is 0.469 e. The van der Waals surface area contributed by atoms with Gasteiger partial charge >= 0.3 is 0 Å². The first-order valence-corrected chi connectivity index (χ1v) is 8.43. The first-order valence-electron chi connectivity index (χ1n) is 7.63. The van der Waals surface area contributed by atoms with E-state index in [1.54, 1.807) is 0 Å². The summed E-state index contributed by atoms with van der Waals surface area (Å²) in [5.74, 6) is 0.987. The Morgan fingerprint density at radius 1 is 1.23 bits per heavy atom. The molecule has 22 heavy (non-hydrogen) atoms. The van der Waals surface area contributed by atoms with Crippen molar-refractivity contribution >= 4 is 21.6 Å². The van der Waals surface area contributed by atoms with Crippen LogP contribution in [0.4, 0.5) is 0 Å². The molecule has 2 aliphatic heterocycles. The first kappa shape index (κ1) is 13.8. The second-order valence-electron chi connectivity index (χ2n) is 5.68. The lowest BCUT2D eigenvalue weighted by atomic mass is 9.96. The molecule has 2 aliphatic rings. The van der Waals surface area contributed by atoms with Gasteiger partial charge in [0.25, 0.3) is 0 Å². The van der Waals surface area contributed by atoms with Crippen LogP contribution in [0.1, 0.15) is 36.9 Å². The topological polar surface area (TPSA) is 24.8 Å². The molecule has 0 saturated carbocycles. The SMILES string of the molecule is CC[C@H]1Oc2ccc(Br)cc2[C@H]2CC(c3ccccc3)=NN21. The van der Waals surface area contributed by atoms with Crippen molar-refractivity contribution in [3.05, 3.63) is 64.1 Å². The van der Waals surface area contributed by atoms with Crippen molar-refractivity contribution in [1.82, 2.24) is 5.01 Å². The fraction of sp³-hybridized carbons (Fsp3) is 0.278. The molecule has 2 atom stereocenters. The Labute approximate surface area is 138 Å². The number of benzene rings is 2. The Kier molecular flexibility index (Phi) is 3.41. The molecule has 4 heteroatoms. The van der Waals surface area contributed by atoms with Crippen LogP contribution in [0.15, 0.2) is 58.1 Å². The molecule has 3 nitrogen and oxygen atoms in total. The van der Waals surface area contributed by atoms with Crippen molar-refractivity contribution in [2.45, 2.75) is 32.0 Å². The van der Waals surface area contributed by atoms with Crippen LogP contribution >= 0.6 is 15.9 Å². The molecule has 0 saturated heterocycles. The van der Waals surface area contributed by atoms with Crippen LogP contribution in [0.25, 0.3) is 0 Å². The first-order chi connectivity index (χ1) is 10.8. The molecule has 0 aromatic heterocycles. The maximum atomic E-state index is 6.13. The Balaban J connectivity index is 1.75. The fourth-order valence-corrected chi connectivity index (χ4v) is 3.59. The predicted octanol–water partition coefficient (Wildman–Crippen LogP) is 4.73. The minimum absolute atomic E-state index is 0.0138. The van der Waals surface area contributed by atoms with Gasteiger partial charge in [0.05, 0.1) is 11.8 Å². The number of hydrogen-bond acceptors (Lipinski definition) is 3. The maximum absolute atomic E-state index is 6.13. The molecule has 0 unspecified atom stereocenters. The van der Waals surface area contributed by atoms with Gasteiger partial charge in [-0.1, -0.05) is 53.2 Å². The zero-order chi connectivity index (χ0) is 15.1. The lowest BCUT2D eigenvalue weighted by Gasteiger charge is -2.37. The van der Waals surface area contributed by atoms with E-state index >= 15 is 0 Å². The van der Waals surface area contributed by atoms with Crippen molar-refractivity contribution in [3.63, 3.8) is 0 Å². The third-order valence-electron chi connectivity index (χ3n) is 4.29. The molecule has 0 aliphatic carbocycles. The van der Waals surface area contributed by atoms with Crippen LogP contribution in [0.3, 0.4) is 0 Å². The summed E-state index contributed by atoms with van der Waals surface area (Å²) < 4.78 is 7.21. The number of hydrogen-bond donors (Lipinski definition) is 0. The molecule has 112 valence electrons. The summed E-state index contributed by atoms with van der Waals surface area (Å²) in [5.41, 5.74) is 3.55. The molecule has 0 fully saturated rings. The summed E-state index contributed by atoms with van der Waals surface area (Å²) in [5, 5.41) is 7.01. The Bertz CT molecular complexity index is 729. The van der Waals surface area contributed by atoms with Gasteiger partial charge in [0.1, 0.15) is 5.75 Å². The lowest BCUT2D eigenvalue weighted by Crippen LogP contribution is -2.39. The van der Waals surface area contributed by atoms with Gasteiger partial charge in [-0.05, 0) is 23.8 Å². The van der Waals surface area contributed by atoms with Crippen molar-refractivity contribution in [2.24, 2.45) is 5.10 Å². The summed E-state index contributed by atoms with van der Waals surface area (Å²) in [6.45, 7) is 2.14. The van der Waals surface area contributed by atoms with E-state index in [0.29, 0.717) is 0 Å². The standard InChI is InChI=1S/C18H17BrN2O/c1-2-18-21-16(14-10-13(19)8-9-17(14)22-18)11-15(20-21)12-6-4-3-5-7-12/h3-10,16,18H,2,11H2,1H3/t16-,18-/m1/s1. The molecule has 0 radical (unpaired) electrons.